The molecule has 4 aromatic heterocycles. The molecule has 0 radical (unpaired) electrons. The Labute approximate surface area is 170 Å². The first-order valence-corrected chi connectivity index (χ1v) is 9.88. The average molecular weight is 403 g/mol. The summed E-state index contributed by atoms with van der Waals surface area (Å²) in [4.78, 5) is 6.67. The van der Waals surface area contributed by atoms with Gasteiger partial charge in [-0.3, -0.25) is 5.10 Å². The van der Waals surface area contributed by atoms with Crippen molar-refractivity contribution in [1.29, 1.82) is 0 Å². The van der Waals surface area contributed by atoms with E-state index in [1.807, 2.05) is 19.1 Å². The molecule has 5 aromatic rings. The Balaban J connectivity index is 1.61. The lowest BCUT2D eigenvalue weighted by atomic mass is 10.0. The molecule has 8 nitrogen and oxygen atoms in total. The van der Waals surface area contributed by atoms with Crippen LogP contribution in [0.1, 0.15) is 23.7 Å². The first kappa shape index (κ1) is 17.5. The van der Waals surface area contributed by atoms with Crippen LogP contribution in [0.3, 0.4) is 0 Å². The predicted molar refractivity (Wildman–Crippen MR) is 110 cm³/mol. The van der Waals surface area contributed by atoms with E-state index >= 15 is 0 Å². The predicted octanol–water partition coefficient (Wildman–Crippen LogP) is 4.09. The van der Waals surface area contributed by atoms with E-state index in [2.05, 4.69) is 61.7 Å². The number of rotatable bonds is 5. The Kier molecular flexibility index (Phi) is 4.28. The Morgan fingerprint density at radius 2 is 2.07 bits per heavy atom. The number of aryl methyl sites for hydroxylation is 1. The van der Waals surface area contributed by atoms with Crippen LogP contribution in [0.4, 0.5) is 0 Å². The van der Waals surface area contributed by atoms with Crippen molar-refractivity contribution in [3.63, 3.8) is 0 Å². The number of H-pyrrole nitrogens is 1. The number of nitrogens with one attached hydrogen (secondary N) is 1. The molecule has 0 bridgehead atoms. The van der Waals surface area contributed by atoms with Crippen molar-refractivity contribution in [3.05, 3.63) is 66.0 Å². The molecule has 0 spiro atoms. The highest BCUT2D eigenvalue weighted by molar-refractivity contribution is 7.15. The summed E-state index contributed by atoms with van der Waals surface area (Å²) in [6.45, 7) is 4.03. The van der Waals surface area contributed by atoms with E-state index in [0.717, 1.165) is 22.4 Å². The maximum atomic E-state index is 6.22. The Morgan fingerprint density at radius 1 is 1.14 bits per heavy atom. The van der Waals surface area contributed by atoms with Gasteiger partial charge >= 0.3 is 0 Å². The topological polar surface area (TPSA) is 93.9 Å². The highest BCUT2D eigenvalue weighted by Gasteiger charge is 2.17. The molecule has 29 heavy (non-hydrogen) atoms. The number of thiophene rings is 1. The van der Waals surface area contributed by atoms with Crippen LogP contribution in [-0.4, -0.2) is 35.0 Å². The van der Waals surface area contributed by atoms with E-state index in [1.165, 1.54) is 9.75 Å². The molecule has 1 aromatic carbocycles. The minimum Gasteiger partial charge on any atom is -0.482 e. The number of ether oxygens (including phenoxy) is 1. The summed E-state index contributed by atoms with van der Waals surface area (Å²) < 4.78 is 7.85. The number of hydrogen-bond acceptors (Lipinski definition) is 7. The lowest BCUT2D eigenvalue weighted by molar-refractivity contribution is 0.218. The maximum absolute atomic E-state index is 6.22. The van der Waals surface area contributed by atoms with Gasteiger partial charge in [0.05, 0.1) is 6.20 Å². The second-order valence-electron chi connectivity index (χ2n) is 6.62. The van der Waals surface area contributed by atoms with Gasteiger partial charge in [-0.2, -0.15) is 10.2 Å². The van der Waals surface area contributed by atoms with Crippen LogP contribution in [0.25, 0.3) is 27.2 Å². The second-order valence-corrected chi connectivity index (χ2v) is 7.90. The van der Waals surface area contributed by atoms with Crippen molar-refractivity contribution >= 4 is 17.0 Å². The van der Waals surface area contributed by atoms with E-state index in [-0.39, 0.29) is 6.10 Å². The molecule has 1 unspecified atom stereocenters. The highest BCUT2D eigenvalue weighted by atomic mass is 32.1. The first-order chi connectivity index (χ1) is 14.2. The second kappa shape index (κ2) is 7.10. The Morgan fingerprint density at radius 3 is 2.86 bits per heavy atom. The molecular formula is C20H17N7OS. The van der Waals surface area contributed by atoms with Gasteiger partial charge in [0.15, 0.2) is 17.6 Å². The molecule has 0 aliphatic rings. The fraction of sp³-hybridized carbons (Fsp3) is 0.150. The summed E-state index contributed by atoms with van der Waals surface area (Å²) in [5, 5.41) is 19.3. The molecule has 0 aliphatic carbocycles. The summed E-state index contributed by atoms with van der Waals surface area (Å²) in [7, 11) is 0. The minimum absolute atomic E-state index is 0.306. The zero-order chi connectivity index (χ0) is 19.8. The molecule has 9 heteroatoms. The molecule has 144 valence electrons. The van der Waals surface area contributed by atoms with Crippen LogP contribution in [0, 0.1) is 6.92 Å². The molecule has 0 saturated heterocycles. The number of aromatic amines is 1. The summed E-state index contributed by atoms with van der Waals surface area (Å²) >= 11 is 1.76. The van der Waals surface area contributed by atoms with Crippen molar-refractivity contribution in [3.8, 4) is 27.3 Å². The first-order valence-electron chi connectivity index (χ1n) is 9.07. The molecule has 0 aliphatic heterocycles. The van der Waals surface area contributed by atoms with Gasteiger partial charge in [0.2, 0.25) is 0 Å². The van der Waals surface area contributed by atoms with Crippen molar-refractivity contribution in [2.24, 2.45) is 0 Å². The number of fused-ring (bicyclic) bond motifs is 1. The van der Waals surface area contributed by atoms with Gasteiger partial charge in [-0.1, -0.05) is 0 Å². The SMILES string of the molecule is Cc1ccc(-c2ccc(OC(C)c3nc[nH]n3)c(-c3cnn4cnnc4c3)c2)s1. The van der Waals surface area contributed by atoms with Crippen LogP contribution >= 0.6 is 11.3 Å². The fourth-order valence-corrected chi connectivity index (χ4v) is 3.99. The Hall–Kier alpha value is -3.59. The minimum atomic E-state index is -0.306. The third kappa shape index (κ3) is 3.36. The van der Waals surface area contributed by atoms with Crippen LogP contribution in [0.5, 0.6) is 5.75 Å². The molecule has 1 atom stereocenters. The monoisotopic (exact) mass is 403 g/mol. The van der Waals surface area contributed by atoms with Gasteiger partial charge in [0, 0.05) is 20.9 Å². The number of hydrogen-bond donors (Lipinski definition) is 1. The smallest absolute Gasteiger partial charge is 0.190 e. The maximum Gasteiger partial charge on any atom is 0.190 e. The van der Waals surface area contributed by atoms with Crippen LogP contribution in [0.15, 0.2) is 55.2 Å². The van der Waals surface area contributed by atoms with Gasteiger partial charge in [-0.05, 0) is 55.8 Å². The zero-order valence-electron chi connectivity index (χ0n) is 15.8. The van der Waals surface area contributed by atoms with Crippen molar-refractivity contribution in [1.82, 2.24) is 35.0 Å². The number of benzene rings is 1. The van der Waals surface area contributed by atoms with Gasteiger partial charge in [-0.15, -0.1) is 21.5 Å². The molecular weight excluding hydrogens is 386 g/mol. The molecule has 4 heterocycles. The van der Waals surface area contributed by atoms with Gasteiger partial charge in [0.25, 0.3) is 0 Å². The van der Waals surface area contributed by atoms with Gasteiger partial charge in [-0.25, -0.2) is 9.50 Å². The van der Waals surface area contributed by atoms with Crippen LogP contribution < -0.4 is 4.74 Å². The standard InChI is InChI=1S/C20H17N7OS/c1-12-3-6-18(29-12)14-4-5-17(28-13(2)20-21-10-22-26-20)16(7-14)15-8-19-25-23-11-27(19)24-9-15/h3-11,13H,1-2H3,(H,21,22,26). The quantitative estimate of drug-likeness (QED) is 0.475. The average Bonchev–Trinajstić information content (AvgIpc) is 3.49. The molecule has 1 N–H and O–H groups in total. The lowest BCUT2D eigenvalue weighted by Crippen LogP contribution is -2.06. The van der Waals surface area contributed by atoms with Crippen LogP contribution in [0.2, 0.25) is 0 Å². The molecule has 0 amide bonds. The summed E-state index contributed by atoms with van der Waals surface area (Å²) in [5.41, 5.74) is 3.62. The van der Waals surface area contributed by atoms with E-state index < -0.39 is 0 Å². The Bertz CT molecular complexity index is 1280. The highest BCUT2D eigenvalue weighted by Crippen LogP contribution is 2.38. The molecule has 0 fully saturated rings. The summed E-state index contributed by atoms with van der Waals surface area (Å²) in [6, 6.07) is 12.4. The third-order valence-corrected chi connectivity index (χ3v) is 5.63. The van der Waals surface area contributed by atoms with Crippen molar-refractivity contribution < 1.29 is 4.74 Å². The van der Waals surface area contributed by atoms with E-state index in [4.69, 9.17) is 4.74 Å². The molecule has 0 saturated carbocycles. The van der Waals surface area contributed by atoms with Crippen molar-refractivity contribution in [2.45, 2.75) is 20.0 Å². The third-order valence-electron chi connectivity index (χ3n) is 4.58. The number of nitrogens with zero attached hydrogens (tertiary/aromatic N) is 6. The van der Waals surface area contributed by atoms with Crippen LogP contribution in [-0.2, 0) is 0 Å². The van der Waals surface area contributed by atoms with Crippen molar-refractivity contribution in [2.75, 3.05) is 0 Å². The fourth-order valence-electron chi connectivity index (χ4n) is 3.13. The molecule has 5 rings (SSSR count). The van der Waals surface area contributed by atoms with Gasteiger partial charge in [0.1, 0.15) is 18.4 Å². The number of aromatic nitrogens is 7. The summed E-state index contributed by atoms with van der Waals surface area (Å²) in [5.74, 6) is 1.32. The zero-order valence-corrected chi connectivity index (χ0v) is 16.6. The van der Waals surface area contributed by atoms with E-state index in [0.29, 0.717) is 11.5 Å². The lowest BCUT2D eigenvalue weighted by Gasteiger charge is -2.16. The summed E-state index contributed by atoms with van der Waals surface area (Å²) in [6.07, 6.45) is 4.60. The van der Waals surface area contributed by atoms with Gasteiger partial charge < -0.3 is 4.74 Å². The van der Waals surface area contributed by atoms with E-state index in [9.17, 15) is 0 Å². The normalized spacial score (nSPS) is 12.3. The van der Waals surface area contributed by atoms with E-state index in [1.54, 1.807) is 34.7 Å². The largest absolute Gasteiger partial charge is 0.482 e.